The van der Waals surface area contributed by atoms with Crippen molar-refractivity contribution in [2.24, 2.45) is 0 Å². The molecule has 4 aromatic rings. The minimum Gasteiger partial charge on any atom is -0.336 e. The summed E-state index contributed by atoms with van der Waals surface area (Å²) in [5.74, 6) is 0.409. The molecule has 0 radical (unpaired) electrons. The second-order valence-corrected chi connectivity index (χ2v) is 8.64. The van der Waals surface area contributed by atoms with Crippen molar-refractivity contribution < 1.29 is 9.18 Å². The fraction of sp³-hybridized carbons (Fsp3) is 0.217. The standard InChI is InChI=1S/C23H19Cl2FN6O/c1-14-2-4-16(26)13-17(14)21(33)30-8-10-31(11-9-30)23-28-22-27-7-6-20(32(22)29-23)15-3-5-18(24)19(25)12-15/h2-7,12-13H,8-11H2,1H3. The van der Waals surface area contributed by atoms with Crippen molar-refractivity contribution in [3.05, 3.63) is 75.7 Å². The zero-order valence-electron chi connectivity index (χ0n) is 17.7. The number of benzene rings is 2. The summed E-state index contributed by atoms with van der Waals surface area (Å²) < 4.78 is 15.3. The third-order valence-electron chi connectivity index (χ3n) is 5.72. The van der Waals surface area contributed by atoms with Crippen LogP contribution in [0.15, 0.2) is 48.7 Å². The number of anilines is 1. The van der Waals surface area contributed by atoms with E-state index in [0.29, 0.717) is 53.5 Å². The number of hydrogen-bond donors (Lipinski definition) is 0. The molecule has 2 aromatic carbocycles. The van der Waals surface area contributed by atoms with Crippen LogP contribution in [0.4, 0.5) is 10.3 Å². The van der Waals surface area contributed by atoms with Gasteiger partial charge < -0.3 is 9.80 Å². The third-order valence-corrected chi connectivity index (χ3v) is 6.46. The number of carbonyl (C=O) groups excluding carboxylic acids is 1. The predicted octanol–water partition coefficient (Wildman–Crippen LogP) is 4.51. The number of carbonyl (C=O) groups is 1. The predicted molar refractivity (Wildman–Crippen MR) is 125 cm³/mol. The first kappa shape index (κ1) is 21.6. The molecular weight excluding hydrogens is 466 g/mol. The van der Waals surface area contributed by atoms with E-state index in [1.807, 2.05) is 24.0 Å². The van der Waals surface area contributed by atoms with Gasteiger partial charge >= 0.3 is 0 Å². The molecule has 2 aromatic heterocycles. The van der Waals surface area contributed by atoms with Crippen LogP contribution in [0, 0.1) is 12.7 Å². The van der Waals surface area contributed by atoms with Gasteiger partial charge in [-0.3, -0.25) is 4.79 Å². The molecule has 33 heavy (non-hydrogen) atoms. The van der Waals surface area contributed by atoms with Crippen LogP contribution in [0.3, 0.4) is 0 Å². The molecule has 3 heterocycles. The Morgan fingerprint density at radius 1 is 1.00 bits per heavy atom. The van der Waals surface area contributed by atoms with Crippen molar-refractivity contribution in [2.45, 2.75) is 6.92 Å². The Labute approximate surface area is 199 Å². The Bertz CT molecular complexity index is 1370. The van der Waals surface area contributed by atoms with E-state index in [1.54, 1.807) is 33.8 Å². The summed E-state index contributed by atoms with van der Waals surface area (Å²) in [6, 6.07) is 11.5. The molecule has 1 aliphatic rings. The molecule has 1 fully saturated rings. The SMILES string of the molecule is Cc1ccc(F)cc1C(=O)N1CCN(c2nc3nccc(-c4ccc(Cl)c(Cl)c4)n3n2)CC1. The molecule has 7 nitrogen and oxygen atoms in total. The smallest absolute Gasteiger partial charge is 0.254 e. The molecule has 0 spiro atoms. The fourth-order valence-corrected chi connectivity index (χ4v) is 4.19. The summed E-state index contributed by atoms with van der Waals surface area (Å²) in [5.41, 5.74) is 2.78. The zero-order valence-corrected chi connectivity index (χ0v) is 19.2. The van der Waals surface area contributed by atoms with Crippen LogP contribution in [-0.2, 0) is 0 Å². The van der Waals surface area contributed by atoms with Gasteiger partial charge in [-0.05, 0) is 42.8 Å². The average Bonchev–Trinajstić information content (AvgIpc) is 3.27. The molecule has 168 valence electrons. The second-order valence-electron chi connectivity index (χ2n) is 7.82. The van der Waals surface area contributed by atoms with E-state index in [0.717, 1.165) is 16.8 Å². The molecule has 0 atom stereocenters. The largest absolute Gasteiger partial charge is 0.336 e. The molecule has 0 bridgehead atoms. The van der Waals surface area contributed by atoms with E-state index in [9.17, 15) is 9.18 Å². The summed E-state index contributed by atoms with van der Waals surface area (Å²) in [4.78, 5) is 25.5. The van der Waals surface area contributed by atoms with Crippen LogP contribution < -0.4 is 4.90 Å². The second kappa shape index (κ2) is 8.61. The van der Waals surface area contributed by atoms with E-state index in [2.05, 4.69) is 15.1 Å². The van der Waals surface area contributed by atoms with E-state index in [1.165, 1.54) is 12.1 Å². The molecule has 1 saturated heterocycles. The number of rotatable bonds is 3. The molecule has 1 amide bonds. The maximum absolute atomic E-state index is 13.6. The van der Waals surface area contributed by atoms with E-state index < -0.39 is 5.82 Å². The van der Waals surface area contributed by atoms with Gasteiger partial charge in [0.25, 0.3) is 11.7 Å². The topological polar surface area (TPSA) is 66.6 Å². The minimum atomic E-state index is -0.415. The van der Waals surface area contributed by atoms with Crippen molar-refractivity contribution in [1.82, 2.24) is 24.5 Å². The highest BCUT2D eigenvalue weighted by atomic mass is 35.5. The summed E-state index contributed by atoms with van der Waals surface area (Å²) >= 11 is 12.2. The zero-order chi connectivity index (χ0) is 23.1. The van der Waals surface area contributed by atoms with Crippen LogP contribution in [0.2, 0.25) is 10.0 Å². The summed E-state index contributed by atoms with van der Waals surface area (Å²) in [5, 5.41) is 5.59. The van der Waals surface area contributed by atoms with Crippen LogP contribution in [-0.4, -0.2) is 56.6 Å². The Morgan fingerprint density at radius 2 is 1.79 bits per heavy atom. The number of aryl methyl sites for hydroxylation is 1. The normalized spacial score (nSPS) is 14.2. The maximum atomic E-state index is 13.6. The molecule has 0 aliphatic carbocycles. The van der Waals surface area contributed by atoms with Crippen molar-refractivity contribution in [3.8, 4) is 11.3 Å². The lowest BCUT2D eigenvalue weighted by Gasteiger charge is -2.34. The van der Waals surface area contributed by atoms with Gasteiger partial charge in [-0.1, -0.05) is 35.3 Å². The third kappa shape index (κ3) is 4.12. The highest BCUT2D eigenvalue weighted by Crippen LogP contribution is 2.29. The summed E-state index contributed by atoms with van der Waals surface area (Å²) in [7, 11) is 0. The number of hydrogen-bond acceptors (Lipinski definition) is 5. The van der Waals surface area contributed by atoms with Gasteiger partial charge in [0.05, 0.1) is 15.7 Å². The Hall–Kier alpha value is -3.23. The number of aromatic nitrogens is 4. The fourth-order valence-electron chi connectivity index (χ4n) is 3.90. The molecule has 10 heteroatoms. The van der Waals surface area contributed by atoms with Crippen molar-refractivity contribution in [2.75, 3.05) is 31.1 Å². The van der Waals surface area contributed by atoms with Crippen molar-refractivity contribution in [1.29, 1.82) is 0 Å². The molecule has 0 unspecified atom stereocenters. The number of halogens is 3. The lowest BCUT2D eigenvalue weighted by molar-refractivity contribution is 0.0745. The van der Waals surface area contributed by atoms with Gasteiger partial charge in [-0.25, -0.2) is 9.37 Å². The van der Waals surface area contributed by atoms with Gasteiger partial charge in [0, 0.05) is 43.5 Å². The van der Waals surface area contributed by atoms with Crippen LogP contribution in [0.5, 0.6) is 0 Å². The minimum absolute atomic E-state index is 0.168. The van der Waals surface area contributed by atoms with E-state index >= 15 is 0 Å². The summed E-state index contributed by atoms with van der Waals surface area (Å²) in [6.07, 6.45) is 1.67. The Balaban J connectivity index is 1.36. The van der Waals surface area contributed by atoms with Gasteiger partial charge in [-0.15, -0.1) is 5.10 Å². The number of fused-ring (bicyclic) bond motifs is 1. The highest BCUT2D eigenvalue weighted by Gasteiger charge is 2.26. The monoisotopic (exact) mass is 484 g/mol. The first-order chi connectivity index (χ1) is 15.9. The maximum Gasteiger partial charge on any atom is 0.254 e. The average molecular weight is 485 g/mol. The molecule has 5 rings (SSSR count). The first-order valence-corrected chi connectivity index (χ1v) is 11.1. The van der Waals surface area contributed by atoms with E-state index in [4.69, 9.17) is 23.2 Å². The van der Waals surface area contributed by atoms with Crippen molar-refractivity contribution in [3.63, 3.8) is 0 Å². The lowest BCUT2D eigenvalue weighted by Crippen LogP contribution is -2.49. The van der Waals surface area contributed by atoms with Crippen molar-refractivity contribution >= 4 is 40.8 Å². The molecule has 1 aliphatic heterocycles. The number of piperazine rings is 1. The molecular formula is C23H19Cl2FN6O. The molecule has 0 N–H and O–H groups in total. The molecule has 0 saturated carbocycles. The van der Waals surface area contributed by atoms with E-state index in [-0.39, 0.29) is 5.91 Å². The van der Waals surface area contributed by atoms with Gasteiger partial charge in [0.1, 0.15) is 5.82 Å². The van der Waals surface area contributed by atoms with Gasteiger partial charge in [0.15, 0.2) is 0 Å². The quantitative estimate of drug-likeness (QED) is 0.428. The first-order valence-electron chi connectivity index (χ1n) is 10.4. The number of amides is 1. The Kier molecular flexibility index (Phi) is 5.64. The van der Waals surface area contributed by atoms with Gasteiger partial charge in [-0.2, -0.15) is 9.50 Å². The lowest BCUT2D eigenvalue weighted by atomic mass is 10.1. The summed E-state index contributed by atoms with van der Waals surface area (Å²) in [6.45, 7) is 3.88. The van der Waals surface area contributed by atoms with Crippen LogP contribution >= 0.6 is 23.2 Å². The number of nitrogens with zero attached hydrogens (tertiary/aromatic N) is 6. The highest BCUT2D eigenvalue weighted by molar-refractivity contribution is 6.42. The van der Waals surface area contributed by atoms with Gasteiger partial charge in [0.2, 0.25) is 5.95 Å². The Morgan fingerprint density at radius 3 is 2.55 bits per heavy atom. The van der Waals surface area contributed by atoms with Crippen LogP contribution in [0.25, 0.3) is 17.0 Å². The van der Waals surface area contributed by atoms with Crippen LogP contribution in [0.1, 0.15) is 15.9 Å².